The molecule has 2 fully saturated rings. The highest BCUT2D eigenvalue weighted by Crippen LogP contribution is 2.31. The zero-order valence-corrected chi connectivity index (χ0v) is 9.67. The maximum atomic E-state index is 11.5. The van der Waals surface area contributed by atoms with Crippen molar-refractivity contribution in [3.63, 3.8) is 0 Å². The molecule has 0 aromatic rings. The topological polar surface area (TPSA) is 50.4 Å². The minimum absolute atomic E-state index is 0.263. The van der Waals surface area contributed by atoms with Crippen LogP contribution in [-0.4, -0.2) is 30.3 Å². The lowest BCUT2D eigenvalue weighted by Crippen LogP contribution is -2.49. The molecule has 0 aromatic heterocycles. The third kappa shape index (κ3) is 2.62. The summed E-state index contributed by atoms with van der Waals surface area (Å²) in [4.78, 5) is 11.5. The number of hydrogen-bond donors (Lipinski definition) is 2. The van der Waals surface area contributed by atoms with Gasteiger partial charge in [0, 0.05) is 12.1 Å². The molecule has 2 aliphatic rings. The normalized spacial score (nSPS) is 34.2. The Labute approximate surface area is 90.8 Å². The van der Waals surface area contributed by atoms with E-state index in [2.05, 4.69) is 10.6 Å². The molecule has 3 atom stereocenters. The number of ether oxygens (including phenoxy) is 1. The van der Waals surface area contributed by atoms with Crippen molar-refractivity contribution in [3.8, 4) is 0 Å². The van der Waals surface area contributed by atoms with Crippen molar-refractivity contribution < 1.29 is 9.53 Å². The van der Waals surface area contributed by atoms with Crippen molar-refractivity contribution >= 4 is 6.09 Å². The number of piperidine rings is 1. The first kappa shape index (κ1) is 10.7. The molecule has 2 N–H and O–H groups in total. The van der Waals surface area contributed by atoms with Crippen LogP contribution in [0.2, 0.25) is 0 Å². The van der Waals surface area contributed by atoms with E-state index < -0.39 is 5.60 Å². The number of carbonyl (C=O) groups excluding carboxylic acids is 1. The van der Waals surface area contributed by atoms with Crippen molar-refractivity contribution in [2.24, 2.45) is 5.92 Å². The molecule has 1 aliphatic heterocycles. The van der Waals surface area contributed by atoms with Gasteiger partial charge in [-0.25, -0.2) is 4.79 Å². The fourth-order valence-electron chi connectivity index (χ4n) is 2.47. The number of alkyl carbamates (subject to hydrolysis) is 1. The van der Waals surface area contributed by atoms with Crippen LogP contribution in [0.5, 0.6) is 0 Å². The molecule has 0 unspecified atom stereocenters. The molecule has 1 saturated heterocycles. The Bertz CT molecular complexity index is 260. The van der Waals surface area contributed by atoms with Crippen molar-refractivity contribution in [1.82, 2.24) is 10.6 Å². The fourth-order valence-corrected chi connectivity index (χ4v) is 2.47. The summed E-state index contributed by atoms with van der Waals surface area (Å²) in [6.45, 7) is 6.75. The van der Waals surface area contributed by atoms with Crippen molar-refractivity contribution in [1.29, 1.82) is 0 Å². The van der Waals surface area contributed by atoms with Crippen LogP contribution >= 0.6 is 0 Å². The Morgan fingerprint density at radius 2 is 2.13 bits per heavy atom. The van der Waals surface area contributed by atoms with Gasteiger partial charge in [-0.1, -0.05) is 0 Å². The van der Waals surface area contributed by atoms with Gasteiger partial charge in [0.2, 0.25) is 0 Å². The Balaban J connectivity index is 1.80. The Morgan fingerprint density at radius 3 is 2.60 bits per heavy atom. The zero-order valence-electron chi connectivity index (χ0n) is 9.67. The second-order valence-corrected chi connectivity index (χ2v) is 5.60. The number of hydrogen-bond acceptors (Lipinski definition) is 3. The summed E-state index contributed by atoms with van der Waals surface area (Å²) >= 11 is 0. The highest BCUT2D eigenvalue weighted by molar-refractivity contribution is 5.68. The van der Waals surface area contributed by atoms with E-state index in [4.69, 9.17) is 4.74 Å². The van der Waals surface area contributed by atoms with Gasteiger partial charge in [0.1, 0.15) is 5.60 Å². The van der Waals surface area contributed by atoms with Gasteiger partial charge in [-0.3, -0.25) is 0 Å². The van der Waals surface area contributed by atoms with Gasteiger partial charge < -0.3 is 15.4 Å². The van der Waals surface area contributed by atoms with Gasteiger partial charge >= 0.3 is 6.09 Å². The molecule has 2 bridgehead atoms. The third-order valence-electron chi connectivity index (χ3n) is 3.03. The van der Waals surface area contributed by atoms with Gasteiger partial charge in [0.25, 0.3) is 0 Å². The lowest BCUT2D eigenvalue weighted by Gasteiger charge is -2.26. The Hall–Kier alpha value is -0.770. The van der Waals surface area contributed by atoms with Crippen LogP contribution < -0.4 is 10.6 Å². The molecule has 4 nitrogen and oxygen atoms in total. The number of fused-ring (bicyclic) bond motifs is 2. The van der Waals surface area contributed by atoms with Crippen molar-refractivity contribution in [2.45, 2.75) is 51.3 Å². The predicted molar refractivity (Wildman–Crippen MR) is 57.7 cm³/mol. The number of rotatable bonds is 1. The summed E-state index contributed by atoms with van der Waals surface area (Å²) < 4.78 is 5.23. The van der Waals surface area contributed by atoms with Crippen LogP contribution in [0.15, 0.2) is 0 Å². The van der Waals surface area contributed by atoms with E-state index >= 15 is 0 Å². The van der Waals surface area contributed by atoms with E-state index in [1.54, 1.807) is 0 Å². The fraction of sp³-hybridized carbons (Fsp3) is 0.909. The Kier molecular flexibility index (Phi) is 2.63. The van der Waals surface area contributed by atoms with Crippen LogP contribution in [0.3, 0.4) is 0 Å². The van der Waals surface area contributed by atoms with Crippen LogP contribution in [0.25, 0.3) is 0 Å². The molecule has 1 aliphatic carbocycles. The lowest BCUT2D eigenvalue weighted by atomic mass is 10.1. The van der Waals surface area contributed by atoms with Crippen LogP contribution in [0.1, 0.15) is 33.6 Å². The summed E-state index contributed by atoms with van der Waals surface area (Å²) in [7, 11) is 0. The van der Waals surface area contributed by atoms with Gasteiger partial charge in [0.05, 0.1) is 0 Å². The molecular formula is C11H20N2O2. The minimum atomic E-state index is -0.408. The standard InChI is InChI=1S/C11H20N2O2/c1-11(2,3)15-10(14)13-9-5-7-4-8(9)12-6-7/h7-9,12H,4-6H2,1-3H3,(H,13,14)/t7-,8+,9-/m0/s1. The third-order valence-corrected chi connectivity index (χ3v) is 3.03. The van der Waals surface area contributed by atoms with Gasteiger partial charge in [-0.2, -0.15) is 0 Å². The highest BCUT2D eigenvalue weighted by Gasteiger charge is 2.40. The minimum Gasteiger partial charge on any atom is -0.444 e. The molecule has 0 aromatic carbocycles. The van der Waals surface area contributed by atoms with Crippen LogP contribution in [0.4, 0.5) is 4.79 Å². The second kappa shape index (κ2) is 3.67. The Morgan fingerprint density at radius 1 is 1.40 bits per heavy atom. The molecule has 2 rings (SSSR count). The zero-order chi connectivity index (χ0) is 11.1. The summed E-state index contributed by atoms with van der Waals surface area (Å²) in [5, 5.41) is 6.35. The van der Waals surface area contributed by atoms with Gasteiger partial charge in [0.15, 0.2) is 0 Å². The number of amides is 1. The molecule has 1 heterocycles. The second-order valence-electron chi connectivity index (χ2n) is 5.60. The molecule has 0 spiro atoms. The average Bonchev–Trinajstić information content (AvgIpc) is 2.60. The van der Waals surface area contributed by atoms with Crippen LogP contribution in [-0.2, 0) is 4.74 Å². The monoisotopic (exact) mass is 212 g/mol. The largest absolute Gasteiger partial charge is 0.444 e. The smallest absolute Gasteiger partial charge is 0.407 e. The molecule has 86 valence electrons. The number of nitrogens with one attached hydrogen (secondary N) is 2. The molecule has 1 amide bonds. The van der Waals surface area contributed by atoms with E-state index in [0.717, 1.165) is 18.9 Å². The van der Waals surface area contributed by atoms with Crippen LogP contribution in [0, 0.1) is 5.92 Å². The van der Waals surface area contributed by atoms with E-state index in [1.165, 1.54) is 6.42 Å². The van der Waals surface area contributed by atoms with E-state index in [-0.39, 0.29) is 12.1 Å². The molecule has 0 radical (unpaired) electrons. The van der Waals surface area contributed by atoms with Crippen molar-refractivity contribution in [2.75, 3.05) is 6.54 Å². The molecular weight excluding hydrogens is 192 g/mol. The first-order chi connectivity index (χ1) is 6.94. The van der Waals surface area contributed by atoms with E-state index in [9.17, 15) is 4.79 Å². The summed E-state index contributed by atoms with van der Waals surface area (Å²) in [5.41, 5.74) is -0.408. The highest BCUT2D eigenvalue weighted by atomic mass is 16.6. The van der Waals surface area contributed by atoms with Crippen molar-refractivity contribution in [3.05, 3.63) is 0 Å². The first-order valence-electron chi connectivity index (χ1n) is 5.67. The molecule has 1 saturated carbocycles. The summed E-state index contributed by atoms with van der Waals surface area (Å²) in [5.74, 6) is 0.745. The average molecular weight is 212 g/mol. The first-order valence-corrected chi connectivity index (χ1v) is 5.67. The van der Waals surface area contributed by atoms with E-state index in [1.807, 2.05) is 20.8 Å². The molecule has 4 heteroatoms. The van der Waals surface area contributed by atoms with Gasteiger partial charge in [-0.05, 0) is 46.1 Å². The quantitative estimate of drug-likeness (QED) is 0.688. The predicted octanol–water partition coefficient (Wildman–Crippen LogP) is 1.26. The summed E-state index contributed by atoms with van der Waals surface area (Å²) in [6.07, 6.45) is 2.00. The molecule has 15 heavy (non-hydrogen) atoms. The lowest BCUT2D eigenvalue weighted by molar-refractivity contribution is 0.0494. The maximum Gasteiger partial charge on any atom is 0.407 e. The maximum absolute atomic E-state index is 11.5. The SMILES string of the molecule is CC(C)(C)OC(=O)N[C@H]1C[C@H]2CN[C@@H]1C2. The summed E-state index contributed by atoms with van der Waals surface area (Å²) in [6, 6.07) is 0.723. The van der Waals surface area contributed by atoms with Gasteiger partial charge in [-0.15, -0.1) is 0 Å². The number of carbonyl (C=O) groups is 1. The van der Waals surface area contributed by atoms with E-state index in [0.29, 0.717) is 6.04 Å².